The van der Waals surface area contributed by atoms with Gasteiger partial charge < -0.3 is 10.1 Å². The average molecular weight is 273 g/mol. The summed E-state index contributed by atoms with van der Waals surface area (Å²) in [6, 6.07) is 7.84. The standard InChI is InChI=1S/C17H23NO2/c1-20-16-5-3-2-4-14(16)11-18-17(19)10-15-9-12-6-7-13(15)8-12/h2-5,12-13,15H,6-11H2,1H3,(H,18,19). The number of carbonyl (C=O) groups is 1. The van der Waals surface area contributed by atoms with Gasteiger partial charge in [-0.25, -0.2) is 0 Å². The van der Waals surface area contributed by atoms with Crippen LogP contribution >= 0.6 is 0 Å². The largest absolute Gasteiger partial charge is 0.496 e. The van der Waals surface area contributed by atoms with Gasteiger partial charge >= 0.3 is 0 Å². The predicted octanol–water partition coefficient (Wildman–Crippen LogP) is 3.14. The highest BCUT2D eigenvalue weighted by molar-refractivity contribution is 5.76. The van der Waals surface area contributed by atoms with Crippen molar-refractivity contribution in [2.75, 3.05) is 7.11 Å². The average Bonchev–Trinajstić information content (AvgIpc) is 3.08. The van der Waals surface area contributed by atoms with Crippen LogP contribution in [0.4, 0.5) is 0 Å². The number of rotatable bonds is 5. The summed E-state index contributed by atoms with van der Waals surface area (Å²) >= 11 is 0. The van der Waals surface area contributed by atoms with Crippen molar-refractivity contribution in [1.82, 2.24) is 5.32 Å². The molecule has 3 rings (SSSR count). The predicted molar refractivity (Wildman–Crippen MR) is 78.4 cm³/mol. The van der Waals surface area contributed by atoms with E-state index in [1.165, 1.54) is 25.7 Å². The van der Waals surface area contributed by atoms with Crippen molar-refractivity contribution in [2.24, 2.45) is 17.8 Å². The second-order valence-electron chi connectivity index (χ2n) is 6.23. The van der Waals surface area contributed by atoms with Crippen molar-refractivity contribution in [3.63, 3.8) is 0 Å². The molecule has 2 bridgehead atoms. The number of ether oxygens (including phenoxy) is 1. The lowest BCUT2D eigenvalue weighted by Crippen LogP contribution is -2.27. The van der Waals surface area contributed by atoms with Crippen LogP contribution in [0.15, 0.2) is 24.3 Å². The molecule has 2 saturated carbocycles. The van der Waals surface area contributed by atoms with Crippen molar-refractivity contribution < 1.29 is 9.53 Å². The zero-order valence-corrected chi connectivity index (χ0v) is 12.1. The molecule has 2 fully saturated rings. The van der Waals surface area contributed by atoms with Crippen molar-refractivity contribution in [3.05, 3.63) is 29.8 Å². The fourth-order valence-electron chi connectivity index (χ4n) is 3.98. The number of hydrogen-bond acceptors (Lipinski definition) is 2. The van der Waals surface area contributed by atoms with Crippen LogP contribution in [0.2, 0.25) is 0 Å². The van der Waals surface area contributed by atoms with E-state index in [2.05, 4.69) is 5.32 Å². The lowest BCUT2D eigenvalue weighted by Gasteiger charge is -2.21. The summed E-state index contributed by atoms with van der Waals surface area (Å²) in [6.45, 7) is 0.559. The number of para-hydroxylation sites is 1. The minimum absolute atomic E-state index is 0.188. The Labute approximate surface area is 120 Å². The summed E-state index contributed by atoms with van der Waals surface area (Å²) < 4.78 is 5.30. The molecule has 0 heterocycles. The second kappa shape index (κ2) is 5.86. The summed E-state index contributed by atoms with van der Waals surface area (Å²) in [6.07, 6.45) is 6.08. The molecule has 1 aromatic rings. The minimum atomic E-state index is 0.188. The molecule has 3 heteroatoms. The van der Waals surface area contributed by atoms with Crippen LogP contribution in [0.25, 0.3) is 0 Å². The lowest BCUT2D eigenvalue weighted by atomic mass is 9.86. The molecule has 0 aromatic heterocycles. The first-order valence-electron chi connectivity index (χ1n) is 7.65. The maximum atomic E-state index is 12.1. The molecule has 108 valence electrons. The minimum Gasteiger partial charge on any atom is -0.496 e. The van der Waals surface area contributed by atoms with Crippen LogP contribution in [0, 0.1) is 17.8 Å². The Kier molecular flexibility index (Phi) is 3.95. The highest BCUT2D eigenvalue weighted by Crippen LogP contribution is 2.49. The van der Waals surface area contributed by atoms with Gasteiger partial charge in [-0.3, -0.25) is 4.79 Å². The topological polar surface area (TPSA) is 38.3 Å². The van der Waals surface area contributed by atoms with Gasteiger partial charge in [0.15, 0.2) is 0 Å². The molecule has 2 aliphatic carbocycles. The smallest absolute Gasteiger partial charge is 0.220 e. The molecule has 20 heavy (non-hydrogen) atoms. The SMILES string of the molecule is COc1ccccc1CNC(=O)CC1CC2CCC1C2. The maximum absolute atomic E-state index is 12.1. The summed E-state index contributed by atoms with van der Waals surface area (Å²) in [5.74, 6) is 3.39. The van der Waals surface area contributed by atoms with Crippen LogP contribution < -0.4 is 10.1 Å². The molecular formula is C17H23NO2. The van der Waals surface area contributed by atoms with Gasteiger partial charge in [-0.1, -0.05) is 24.6 Å². The molecule has 3 atom stereocenters. The molecule has 1 amide bonds. The van der Waals surface area contributed by atoms with Gasteiger partial charge in [0.2, 0.25) is 5.91 Å². The third-order valence-electron chi connectivity index (χ3n) is 5.00. The maximum Gasteiger partial charge on any atom is 0.220 e. The van der Waals surface area contributed by atoms with E-state index in [1.807, 2.05) is 24.3 Å². The van der Waals surface area contributed by atoms with Gasteiger partial charge in [-0.2, -0.15) is 0 Å². The van der Waals surface area contributed by atoms with E-state index in [-0.39, 0.29) is 5.91 Å². The number of hydrogen-bond donors (Lipinski definition) is 1. The third-order valence-corrected chi connectivity index (χ3v) is 5.00. The van der Waals surface area contributed by atoms with Crippen molar-refractivity contribution in [3.8, 4) is 5.75 Å². The van der Waals surface area contributed by atoms with E-state index in [4.69, 9.17) is 4.74 Å². The number of methoxy groups -OCH3 is 1. The van der Waals surface area contributed by atoms with Crippen molar-refractivity contribution in [2.45, 2.75) is 38.6 Å². The Hall–Kier alpha value is -1.51. The monoisotopic (exact) mass is 273 g/mol. The van der Waals surface area contributed by atoms with Gasteiger partial charge in [0.05, 0.1) is 7.11 Å². The molecule has 0 saturated heterocycles. The quantitative estimate of drug-likeness (QED) is 0.895. The lowest BCUT2D eigenvalue weighted by molar-refractivity contribution is -0.122. The molecule has 3 nitrogen and oxygen atoms in total. The number of carbonyl (C=O) groups excluding carboxylic acids is 1. The Morgan fingerprint density at radius 1 is 1.30 bits per heavy atom. The van der Waals surface area contributed by atoms with Crippen LogP contribution in [-0.2, 0) is 11.3 Å². The number of nitrogens with one attached hydrogen (secondary N) is 1. The fraction of sp³-hybridized carbons (Fsp3) is 0.588. The summed E-state index contributed by atoms with van der Waals surface area (Å²) in [4.78, 5) is 12.1. The van der Waals surface area contributed by atoms with Gasteiger partial charge in [-0.15, -0.1) is 0 Å². The highest BCUT2D eigenvalue weighted by Gasteiger charge is 2.39. The summed E-state index contributed by atoms with van der Waals surface area (Å²) in [7, 11) is 1.66. The first-order valence-corrected chi connectivity index (χ1v) is 7.65. The fourth-order valence-corrected chi connectivity index (χ4v) is 3.98. The Morgan fingerprint density at radius 2 is 2.15 bits per heavy atom. The van der Waals surface area contributed by atoms with Gasteiger partial charge in [0.25, 0.3) is 0 Å². The van der Waals surface area contributed by atoms with E-state index < -0.39 is 0 Å². The van der Waals surface area contributed by atoms with Gasteiger partial charge in [-0.05, 0) is 43.1 Å². The zero-order chi connectivity index (χ0) is 13.9. The number of amides is 1. The zero-order valence-electron chi connectivity index (χ0n) is 12.1. The first kappa shape index (κ1) is 13.5. The summed E-state index contributed by atoms with van der Waals surface area (Å²) in [5, 5.41) is 3.04. The highest BCUT2D eigenvalue weighted by atomic mass is 16.5. The van der Waals surface area contributed by atoms with Crippen molar-refractivity contribution in [1.29, 1.82) is 0 Å². The van der Waals surface area contributed by atoms with E-state index in [9.17, 15) is 4.79 Å². The number of benzene rings is 1. The Morgan fingerprint density at radius 3 is 2.85 bits per heavy atom. The van der Waals surface area contributed by atoms with Crippen LogP contribution in [0.1, 0.15) is 37.7 Å². The van der Waals surface area contributed by atoms with Crippen molar-refractivity contribution >= 4 is 5.91 Å². The van der Waals surface area contributed by atoms with Gasteiger partial charge in [0.1, 0.15) is 5.75 Å². The number of fused-ring (bicyclic) bond motifs is 2. The van der Waals surface area contributed by atoms with Gasteiger partial charge in [0, 0.05) is 18.5 Å². The second-order valence-corrected chi connectivity index (χ2v) is 6.23. The molecule has 0 radical (unpaired) electrons. The van der Waals surface area contributed by atoms with E-state index in [1.54, 1.807) is 7.11 Å². The van der Waals surface area contributed by atoms with Crippen LogP contribution in [0.3, 0.4) is 0 Å². The van der Waals surface area contributed by atoms with E-state index in [0.717, 1.165) is 23.1 Å². The Balaban J connectivity index is 1.50. The normalized spacial score (nSPS) is 27.6. The Bertz CT molecular complexity index is 486. The molecule has 0 aliphatic heterocycles. The molecule has 3 unspecified atom stereocenters. The van der Waals surface area contributed by atoms with E-state index >= 15 is 0 Å². The summed E-state index contributed by atoms with van der Waals surface area (Å²) in [5.41, 5.74) is 1.04. The molecular weight excluding hydrogens is 250 g/mol. The molecule has 1 aromatic carbocycles. The third kappa shape index (κ3) is 2.82. The van der Waals surface area contributed by atoms with Crippen LogP contribution in [-0.4, -0.2) is 13.0 Å². The first-order chi connectivity index (χ1) is 9.76. The molecule has 2 aliphatic rings. The van der Waals surface area contributed by atoms with E-state index in [0.29, 0.717) is 18.9 Å². The molecule has 0 spiro atoms. The van der Waals surface area contributed by atoms with Crippen LogP contribution in [0.5, 0.6) is 5.75 Å². The molecule has 1 N–H and O–H groups in total.